The molecule has 1 aliphatic carbocycles. The van der Waals surface area contributed by atoms with Crippen molar-refractivity contribution in [1.82, 2.24) is 10.2 Å². The number of guanidine groups is 1. The van der Waals surface area contributed by atoms with Crippen molar-refractivity contribution < 1.29 is 14.3 Å². The summed E-state index contributed by atoms with van der Waals surface area (Å²) in [6.45, 7) is 8.14. The fourth-order valence-corrected chi connectivity index (χ4v) is 4.29. The summed E-state index contributed by atoms with van der Waals surface area (Å²) < 4.78 is 5.89. The molecule has 0 saturated carbocycles. The Labute approximate surface area is 189 Å². The second-order valence-corrected chi connectivity index (χ2v) is 8.91. The highest BCUT2D eigenvalue weighted by Crippen LogP contribution is 2.34. The van der Waals surface area contributed by atoms with Gasteiger partial charge in [0.1, 0.15) is 5.41 Å². The van der Waals surface area contributed by atoms with Crippen LogP contribution in [0.15, 0.2) is 41.0 Å². The summed E-state index contributed by atoms with van der Waals surface area (Å²) in [6, 6.07) is 7.37. The summed E-state index contributed by atoms with van der Waals surface area (Å²) in [5, 5.41) is 3.57. The minimum absolute atomic E-state index is 0.185. The Kier molecular flexibility index (Phi) is 7.55. The molecule has 0 radical (unpaired) electrons. The molecule has 0 bridgehead atoms. The van der Waals surface area contributed by atoms with E-state index >= 15 is 0 Å². The van der Waals surface area contributed by atoms with Crippen LogP contribution in [0.5, 0.6) is 0 Å². The van der Waals surface area contributed by atoms with Crippen LogP contribution in [0.1, 0.15) is 65.4 Å². The average Bonchev–Trinajstić information content (AvgIpc) is 2.74. The van der Waals surface area contributed by atoms with Crippen LogP contribution >= 0.6 is 11.6 Å². The number of hydrogen-bond donors (Lipinski definition) is 1. The van der Waals surface area contributed by atoms with E-state index in [2.05, 4.69) is 5.32 Å². The normalized spacial score (nSPS) is 22.6. The summed E-state index contributed by atoms with van der Waals surface area (Å²) >= 11 is 6.01. The molecule has 1 fully saturated rings. The topological polar surface area (TPSA) is 71.0 Å². The van der Waals surface area contributed by atoms with Gasteiger partial charge < -0.3 is 4.74 Å². The molecule has 1 aromatic rings. The van der Waals surface area contributed by atoms with Crippen LogP contribution in [-0.2, 0) is 20.9 Å². The highest BCUT2D eigenvalue weighted by Gasteiger charge is 2.50. The maximum atomic E-state index is 13.5. The molecule has 31 heavy (non-hydrogen) atoms. The van der Waals surface area contributed by atoms with E-state index in [1.807, 2.05) is 45.9 Å². The summed E-state index contributed by atoms with van der Waals surface area (Å²) in [6.07, 6.45) is 5.68. The van der Waals surface area contributed by atoms with Gasteiger partial charge in [0.25, 0.3) is 0 Å². The third-order valence-corrected chi connectivity index (χ3v) is 6.34. The number of nitrogens with one attached hydrogen (secondary N) is 1. The van der Waals surface area contributed by atoms with Crippen LogP contribution < -0.4 is 5.32 Å². The first-order valence-corrected chi connectivity index (χ1v) is 11.5. The van der Waals surface area contributed by atoms with E-state index in [-0.39, 0.29) is 24.0 Å². The molecule has 1 saturated heterocycles. The van der Waals surface area contributed by atoms with Crippen LogP contribution in [0.2, 0.25) is 5.02 Å². The van der Waals surface area contributed by atoms with Gasteiger partial charge in [-0.25, -0.2) is 4.99 Å². The van der Waals surface area contributed by atoms with Crippen LogP contribution in [0.4, 0.5) is 0 Å². The van der Waals surface area contributed by atoms with Gasteiger partial charge in [-0.2, -0.15) is 0 Å². The average molecular weight is 446 g/mol. The van der Waals surface area contributed by atoms with Gasteiger partial charge in [-0.15, -0.1) is 0 Å². The lowest BCUT2D eigenvalue weighted by molar-refractivity contribution is -0.151. The zero-order valence-electron chi connectivity index (χ0n) is 18.8. The molecule has 1 N–H and O–H groups in total. The fraction of sp³-hybridized carbons (Fsp3) is 0.542. The number of amides is 2. The molecule has 2 aliphatic rings. The predicted octanol–water partition coefficient (Wildman–Crippen LogP) is 4.82. The Morgan fingerprint density at radius 2 is 1.90 bits per heavy atom. The zero-order chi connectivity index (χ0) is 22.6. The summed E-state index contributed by atoms with van der Waals surface area (Å²) in [4.78, 5) is 32.8. The molecular weight excluding hydrogens is 414 g/mol. The van der Waals surface area contributed by atoms with Gasteiger partial charge in [-0.3, -0.25) is 19.8 Å². The number of rotatable bonds is 7. The number of benzene rings is 1. The Bertz CT molecular complexity index is 873. The minimum atomic E-state index is -1.07. The molecule has 6 nitrogen and oxygen atoms in total. The Morgan fingerprint density at radius 1 is 1.23 bits per heavy atom. The highest BCUT2D eigenvalue weighted by molar-refractivity contribution is 6.30. The number of hydrogen-bond acceptors (Lipinski definition) is 4. The molecule has 1 heterocycles. The van der Waals surface area contributed by atoms with E-state index in [9.17, 15) is 9.59 Å². The van der Waals surface area contributed by atoms with Gasteiger partial charge in [-0.1, -0.05) is 43.7 Å². The monoisotopic (exact) mass is 445 g/mol. The van der Waals surface area contributed by atoms with Gasteiger partial charge >= 0.3 is 0 Å². The minimum Gasteiger partial charge on any atom is -0.375 e. The van der Waals surface area contributed by atoms with E-state index in [1.165, 1.54) is 0 Å². The van der Waals surface area contributed by atoms with E-state index in [4.69, 9.17) is 21.3 Å². The summed E-state index contributed by atoms with van der Waals surface area (Å²) in [5.41, 5.74) is 0.724. The first kappa shape index (κ1) is 23.5. The van der Waals surface area contributed by atoms with Crippen LogP contribution in [0.25, 0.3) is 0 Å². The molecule has 168 valence electrons. The van der Waals surface area contributed by atoms with Crippen molar-refractivity contribution in [2.24, 2.45) is 10.4 Å². The van der Waals surface area contributed by atoms with Crippen molar-refractivity contribution >= 4 is 29.4 Å². The number of aliphatic imine (C=N–C) groups is 1. The number of ether oxygens (including phenoxy) is 1. The first-order valence-electron chi connectivity index (χ1n) is 11.1. The molecule has 7 heteroatoms. The molecule has 1 unspecified atom stereocenters. The van der Waals surface area contributed by atoms with E-state index < -0.39 is 5.41 Å². The van der Waals surface area contributed by atoms with Crippen molar-refractivity contribution in [2.75, 3.05) is 0 Å². The molecular formula is C24H32ClN3O3. The zero-order valence-corrected chi connectivity index (χ0v) is 19.5. The van der Waals surface area contributed by atoms with Crippen molar-refractivity contribution in [1.29, 1.82) is 0 Å². The van der Waals surface area contributed by atoms with Crippen molar-refractivity contribution in [3.8, 4) is 0 Å². The smallest absolute Gasteiger partial charge is 0.245 e. The van der Waals surface area contributed by atoms with Gasteiger partial charge in [-0.05, 0) is 63.6 Å². The maximum Gasteiger partial charge on any atom is 0.245 e. The molecule has 0 spiro atoms. The fourth-order valence-electron chi connectivity index (χ4n) is 4.16. The van der Waals surface area contributed by atoms with Crippen LogP contribution in [0.3, 0.4) is 0 Å². The van der Waals surface area contributed by atoms with Crippen molar-refractivity contribution in [3.05, 3.63) is 46.6 Å². The van der Waals surface area contributed by atoms with Gasteiger partial charge in [0, 0.05) is 10.7 Å². The number of carbonyl (C=O) groups excluding carboxylic acids is 2. The Hall–Kier alpha value is -2.18. The van der Waals surface area contributed by atoms with Gasteiger partial charge in [0.2, 0.25) is 17.8 Å². The third kappa shape index (κ3) is 5.18. The number of allylic oxidation sites excluding steroid dienone is 1. The molecule has 1 atom stereocenters. The standard InChI is InChI=1S/C24H32ClN3O3/c1-5-24(6-2)21(29)27-23(26-19-11-13-20(14-12-19)31-16(3)4)28(22(24)30)15-17-7-9-18(25)10-8-17/h7-11,16,20H,5-6,12-15H2,1-4H3,(H,26,27,29). The van der Waals surface area contributed by atoms with E-state index in [1.54, 1.807) is 17.0 Å². The van der Waals surface area contributed by atoms with E-state index in [0.717, 1.165) is 30.5 Å². The van der Waals surface area contributed by atoms with Crippen LogP contribution in [0, 0.1) is 5.41 Å². The second-order valence-electron chi connectivity index (χ2n) is 8.47. The lowest BCUT2D eigenvalue weighted by Crippen LogP contribution is -2.63. The Morgan fingerprint density at radius 3 is 2.45 bits per heavy atom. The quantitative estimate of drug-likeness (QED) is 0.611. The number of carbonyl (C=O) groups is 2. The maximum absolute atomic E-state index is 13.5. The van der Waals surface area contributed by atoms with E-state index in [0.29, 0.717) is 30.4 Å². The molecule has 3 rings (SSSR count). The van der Waals surface area contributed by atoms with Gasteiger partial charge in [0.05, 0.1) is 18.8 Å². The largest absolute Gasteiger partial charge is 0.375 e. The Balaban J connectivity index is 1.90. The highest BCUT2D eigenvalue weighted by atomic mass is 35.5. The predicted molar refractivity (Wildman–Crippen MR) is 123 cm³/mol. The molecule has 1 aromatic carbocycles. The second kappa shape index (κ2) is 9.96. The first-order chi connectivity index (χ1) is 14.8. The number of halogens is 1. The molecule has 1 aliphatic heterocycles. The van der Waals surface area contributed by atoms with Crippen molar-refractivity contribution in [2.45, 2.75) is 78.6 Å². The lowest BCUT2D eigenvalue weighted by atomic mass is 9.78. The summed E-state index contributed by atoms with van der Waals surface area (Å²) in [7, 11) is 0. The lowest BCUT2D eigenvalue weighted by Gasteiger charge is -2.40. The van der Waals surface area contributed by atoms with Crippen LogP contribution in [-0.4, -0.2) is 34.9 Å². The van der Waals surface area contributed by atoms with Gasteiger partial charge in [0.15, 0.2) is 0 Å². The van der Waals surface area contributed by atoms with Crippen molar-refractivity contribution in [3.63, 3.8) is 0 Å². The SMILES string of the molecule is CCC1(CC)C(=O)N/C(=N\C2=CCC(OC(C)C)CC2)N(Cc2ccc(Cl)cc2)C1=O. The third-order valence-electron chi connectivity index (χ3n) is 6.08. The molecule has 2 amide bonds. The molecule has 0 aromatic heterocycles. The summed E-state index contributed by atoms with van der Waals surface area (Å²) in [5.74, 6) is -0.171. The number of nitrogens with zero attached hydrogens (tertiary/aromatic N) is 2.